The first kappa shape index (κ1) is 12.5. The molecule has 94 valence electrons. The molecule has 4 nitrogen and oxygen atoms in total. The first-order valence-corrected chi connectivity index (χ1v) is 5.78. The molecule has 0 aliphatic rings. The molecule has 0 radical (unpaired) electrons. The van der Waals surface area contributed by atoms with Crippen LogP contribution in [-0.4, -0.2) is 10.1 Å². The van der Waals surface area contributed by atoms with Crippen molar-refractivity contribution in [1.29, 1.82) is 0 Å². The first-order valence-electron chi connectivity index (χ1n) is 5.78. The van der Waals surface area contributed by atoms with Crippen LogP contribution in [0.25, 0.3) is 0 Å². The van der Waals surface area contributed by atoms with E-state index in [4.69, 9.17) is 15.6 Å². The second-order valence-electron chi connectivity index (χ2n) is 4.12. The Labute approximate surface area is 106 Å². The molecule has 1 aromatic heterocycles. The van der Waals surface area contributed by atoms with Crippen LogP contribution in [0.15, 0.2) is 42.6 Å². The monoisotopic (exact) mass is 244 g/mol. The van der Waals surface area contributed by atoms with Gasteiger partial charge in [-0.2, -0.15) is 0 Å². The maximum absolute atomic E-state index is 9.04. The minimum atomic E-state index is -0.0863. The summed E-state index contributed by atoms with van der Waals surface area (Å²) in [7, 11) is 0. The van der Waals surface area contributed by atoms with E-state index >= 15 is 0 Å². The Morgan fingerprint density at radius 3 is 2.72 bits per heavy atom. The van der Waals surface area contributed by atoms with Gasteiger partial charge in [0.25, 0.3) is 0 Å². The number of aromatic nitrogens is 1. The van der Waals surface area contributed by atoms with Crippen molar-refractivity contribution in [2.75, 3.05) is 0 Å². The summed E-state index contributed by atoms with van der Waals surface area (Å²) in [6.07, 6.45) is 1.64. The average Bonchev–Trinajstić information content (AvgIpc) is 2.39. The molecule has 1 unspecified atom stereocenters. The van der Waals surface area contributed by atoms with Crippen LogP contribution < -0.4 is 10.5 Å². The fourth-order valence-corrected chi connectivity index (χ4v) is 1.56. The van der Waals surface area contributed by atoms with Gasteiger partial charge in [-0.3, -0.25) is 4.98 Å². The van der Waals surface area contributed by atoms with Gasteiger partial charge in [0.05, 0.1) is 18.5 Å². The van der Waals surface area contributed by atoms with Crippen molar-refractivity contribution in [3.05, 3.63) is 53.9 Å². The Morgan fingerprint density at radius 2 is 2.11 bits per heavy atom. The highest BCUT2D eigenvalue weighted by Gasteiger charge is 2.02. The Hall–Kier alpha value is -1.91. The number of aliphatic hydroxyl groups is 1. The molecule has 18 heavy (non-hydrogen) atoms. The predicted molar refractivity (Wildman–Crippen MR) is 69.3 cm³/mol. The van der Waals surface area contributed by atoms with Crippen molar-refractivity contribution in [2.24, 2.45) is 5.73 Å². The lowest BCUT2D eigenvalue weighted by molar-refractivity contribution is 0.281. The summed E-state index contributed by atoms with van der Waals surface area (Å²) in [5, 5.41) is 9.04. The maximum atomic E-state index is 9.04. The summed E-state index contributed by atoms with van der Waals surface area (Å²) in [6, 6.07) is 10.9. The van der Waals surface area contributed by atoms with Gasteiger partial charge in [-0.25, -0.2) is 0 Å². The minimum Gasteiger partial charge on any atom is -0.456 e. The summed E-state index contributed by atoms with van der Waals surface area (Å²) >= 11 is 0. The summed E-state index contributed by atoms with van der Waals surface area (Å²) < 4.78 is 5.64. The summed E-state index contributed by atoms with van der Waals surface area (Å²) in [6.45, 7) is 1.88. The number of aliphatic hydroxyl groups excluding tert-OH is 1. The lowest BCUT2D eigenvalue weighted by Crippen LogP contribution is -2.06. The van der Waals surface area contributed by atoms with Crippen LogP contribution in [0.5, 0.6) is 11.5 Å². The normalized spacial score (nSPS) is 12.2. The zero-order valence-corrected chi connectivity index (χ0v) is 10.2. The van der Waals surface area contributed by atoms with Crippen LogP contribution in [0.3, 0.4) is 0 Å². The van der Waals surface area contributed by atoms with Crippen molar-refractivity contribution in [3.63, 3.8) is 0 Å². The quantitative estimate of drug-likeness (QED) is 0.866. The van der Waals surface area contributed by atoms with Gasteiger partial charge in [0.1, 0.15) is 11.5 Å². The van der Waals surface area contributed by atoms with E-state index in [0.29, 0.717) is 11.5 Å². The van der Waals surface area contributed by atoms with Crippen molar-refractivity contribution >= 4 is 0 Å². The highest BCUT2D eigenvalue weighted by molar-refractivity contribution is 5.33. The SMILES string of the molecule is CC(N)c1ccc(Oc2cccc(CO)c2)cn1. The van der Waals surface area contributed by atoms with Crippen molar-refractivity contribution in [2.45, 2.75) is 19.6 Å². The van der Waals surface area contributed by atoms with Crippen LogP contribution in [0, 0.1) is 0 Å². The van der Waals surface area contributed by atoms with Crippen molar-refractivity contribution in [1.82, 2.24) is 4.98 Å². The maximum Gasteiger partial charge on any atom is 0.145 e. The van der Waals surface area contributed by atoms with Crippen LogP contribution in [0.1, 0.15) is 24.2 Å². The second-order valence-corrected chi connectivity index (χ2v) is 4.12. The zero-order chi connectivity index (χ0) is 13.0. The third-order valence-electron chi connectivity index (χ3n) is 2.54. The van der Waals surface area contributed by atoms with E-state index in [0.717, 1.165) is 11.3 Å². The van der Waals surface area contributed by atoms with E-state index in [1.54, 1.807) is 12.3 Å². The number of nitrogens with two attached hydrogens (primary N) is 1. The molecule has 1 heterocycles. The van der Waals surface area contributed by atoms with Gasteiger partial charge < -0.3 is 15.6 Å². The lowest BCUT2D eigenvalue weighted by Gasteiger charge is -2.08. The number of nitrogens with zero attached hydrogens (tertiary/aromatic N) is 1. The van der Waals surface area contributed by atoms with Gasteiger partial charge in [0, 0.05) is 6.04 Å². The van der Waals surface area contributed by atoms with E-state index in [-0.39, 0.29) is 12.6 Å². The third-order valence-corrected chi connectivity index (χ3v) is 2.54. The molecular weight excluding hydrogens is 228 g/mol. The molecule has 0 spiro atoms. The second kappa shape index (κ2) is 5.62. The average molecular weight is 244 g/mol. The number of ether oxygens (including phenoxy) is 1. The molecule has 0 fully saturated rings. The fraction of sp³-hybridized carbons (Fsp3) is 0.214. The number of rotatable bonds is 4. The van der Waals surface area contributed by atoms with E-state index < -0.39 is 0 Å². The smallest absolute Gasteiger partial charge is 0.145 e. The molecule has 0 saturated carbocycles. The molecule has 4 heteroatoms. The summed E-state index contributed by atoms with van der Waals surface area (Å²) in [4.78, 5) is 4.22. The van der Waals surface area contributed by atoms with Crippen LogP contribution in [-0.2, 0) is 6.61 Å². The standard InChI is InChI=1S/C14H16N2O2/c1-10(15)14-6-5-13(8-16-14)18-12-4-2-3-11(7-12)9-17/h2-8,10,17H,9,15H2,1H3. The van der Waals surface area contributed by atoms with Gasteiger partial charge in [-0.1, -0.05) is 12.1 Å². The number of benzene rings is 1. The largest absolute Gasteiger partial charge is 0.456 e. The number of hydrogen-bond donors (Lipinski definition) is 2. The van der Waals surface area contributed by atoms with Gasteiger partial charge in [-0.15, -0.1) is 0 Å². The molecule has 0 amide bonds. The Balaban J connectivity index is 2.13. The van der Waals surface area contributed by atoms with Gasteiger partial charge in [-0.05, 0) is 36.8 Å². The third kappa shape index (κ3) is 3.06. The molecule has 0 bridgehead atoms. The Kier molecular flexibility index (Phi) is 3.92. The molecule has 3 N–H and O–H groups in total. The molecule has 0 aliphatic heterocycles. The molecule has 2 rings (SSSR count). The van der Waals surface area contributed by atoms with E-state index in [1.807, 2.05) is 37.3 Å². The highest BCUT2D eigenvalue weighted by atomic mass is 16.5. The van der Waals surface area contributed by atoms with Crippen LogP contribution in [0.2, 0.25) is 0 Å². The summed E-state index contributed by atoms with van der Waals surface area (Å²) in [5.41, 5.74) is 7.36. The Morgan fingerprint density at radius 1 is 1.28 bits per heavy atom. The number of hydrogen-bond acceptors (Lipinski definition) is 4. The fourth-order valence-electron chi connectivity index (χ4n) is 1.56. The molecule has 0 saturated heterocycles. The van der Waals surface area contributed by atoms with Crippen LogP contribution >= 0.6 is 0 Å². The molecular formula is C14H16N2O2. The van der Waals surface area contributed by atoms with E-state index in [1.165, 1.54) is 0 Å². The Bertz CT molecular complexity index is 509. The zero-order valence-electron chi connectivity index (χ0n) is 10.2. The number of pyridine rings is 1. The van der Waals surface area contributed by atoms with Gasteiger partial charge >= 0.3 is 0 Å². The van der Waals surface area contributed by atoms with E-state index in [9.17, 15) is 0 Å². The predicted octanol–water partition coefficient (Wildman–Crippen LogP) is 2.39. The first-order chi connectivity index (χ1) is 8.69. The molecule has 1 aromatic carbocycles. The van der Waals surface area contributed by atoms with E-state index in [2.05, 4.69) is 4.98 Å². The summed E-state index contributed by atoms with van der Waals surface area (Å²) in [5.74, 6) is 1.33. The van der Waals surface area contributed by atoms with Crippen molar-refractivity contribution in [3.8, 4) is 11.5 Å². The van der Waals surface area contributed by atoms with Crippen LogP contribution in [0.4, 0.5) is 0 Å². The molecule has 1 atom stereocenters. The topological polar surface area (TPSA) is 68.4 Å². The minimum absolute atomic E-state index is 0.000917. The van der Waals surface area contributed by atoms with Crippen molar-refractivity contribution < 1.29 is 9.84 Å². The van der Waals surface area contributed by atoms with Gasteiger partial charge in [0.15, 0.2) is 0 Å². The lowest BCUT2D eigenvalue weighted by atomic mass is 10.2. The highest BCUT2D eigenvalue weighted by Crippen LogP contribution is 2.22. The molecule has 0 aliphatic carbocycles. The molecule has 2 aromatic rings. The van der Waals surface area contributed by atoms with Gasteiger partial charge in [0.2, 0.25) is 0 Å².